The standard InChI is InChI=1S/C14H24N4O2S/c1-10(2)7-13-16-17-14(21-13)15-12(20)8-18-6-4-3-5-11(18)9-19/h10-11,19H,3-9H2,1-2H3,(H,15,17,20)/t11-/m1/s1. The average molecular weight is 312 g/mol. The quantitative estimate of drug-likeness (QED) is 0.833. The highest BCUT2D eigenvalue weighted by molar-refractivity contribution is 7.15. The van der Waals surface area contributed by atoms with Gasteiger partial charge in [0.05, 0.1) is 13.2 Å². The maximum absolute atomic E-state index is 12.1. The number of hydrogen-bond acceptors (Lipinski definition) is 6. The lowest BCUT2D eigenvalue weighted by Crippen LogP contribution is -2.45. The zero-order valence-electron chi connectivity index (χ0n) is 12.7. The van der Waals surface area contributed by atoms with Crippen molar-refractivity contribution in [3.63, 3.8) is 0 Å². The summed E-state index contributed by atoms with van der Waals surface area (Å²) in [5.74, 6) is 0.447. The van der Waals surface area contributed by atoms with E-state index >= 15 is 0 Å². The predicted octanol–water partition coefficient (Wildman–Crippen LogP) is 1.52. The van der Waals surface area contributed by atoms with Gasteiger partial charge in [-0.25, -0.2) is 0 Å². The van der Waals surface area contributed by atoms with Gasteiger partial charge in [0, 0.05) is 12.5 Å². The molecular weight excluding hydrogens is 288 g/mol. The van der Waals surface area contributed by atoms with Gasteiger partial charge in [0.15, 0.2) is 0 Å². The summed E-state index contributed by atoms with van der Waals surface area (Å²) in [6, 6.07) is 0.107. The Kier molecular flexibility index (Phi) is 6.08. The van der Waals surface area contributed by atoms with Gasteiger partial charge >= 0.3 is 0 Å². The second kappa shape index (κ2) is 7.82. The summed E-state index contributed by atoms with van der Waals surface area (Å²) in [6.07, 6.45) is 4.05. The molecule has 0 spiro atoms. The summed E-state index contributed by atoms with van der Waals surface area (Å²) in [7, 11) is 0. The van der Waals surface area contributed by atoms with Crippen molar-refractivity contribution >= 4 is 22.4 Å². The van der Waals surface area contributed by atoms with Gasteiger partial charge in [-0.15, -0.1) is 10.2 Å². The van der Waals surface area contributed by atoms with E-state index in [0.29, 0.717) is 17.6 Å². The van der Waals surface area contributed by atoms with E-state index in [2.05, 4.69) is 34.3 Å². The summed E-state index contributed by atoms with van der Waals surface area (Å²) < 4.78 is 0. The van der Waals surface area contributed by atoms with Crippen LogP contribution in [-0.2, 0) is 11.2 Å². The first kappa shape index (κ1) is 16.3. The Bertz CT molecular complexity index is 464. The Morgan fingerprint density at radius 1 is 1.48 bits per heavy atom. The number of nitrogens with zero attached hydrogens (tertiary/aromatic N) is 3. The lowest BCUT2D eigenvalue weighted by atomic mass is 10.0. The molecule has 2 N–H and O–H groups in total. The van der Waals surface area contributed by atoms with E-state index in [4.69, 9.17) is 0 Å². The molecule has 2 heterocycles. The average Bonchev–Trinajstić information content (AvgIpc) is 2.85. The Hall–Kier alpha value is -1.05. The molecule has 21 heavy (non-hydrogen) atoms. The van der Waals surface area contributed by atoms with E-state index in [-0.39, 0.29) is 18.6 Å². The molecule has 1 amide bonds. The molecule has 1 aromatic rings. The number of aromatic nitrogens is 2. The molecule has 0 aliphatic carbocycles. The van der Waals surface area contributed by atoms with Crippen LogP contribution in [-0.4, -0.2) is 51.8 Å². The molecule has 1 aliphatic heterocycles. The van der Waals surface area contributed by atoms with Gasteiger partial charge in [-0.05, 0) is 25.3 Å². The van der Waals surface area contributed by atoms with Crippen molar-refractivity contribution in [2.45, 2.75) is 45.6 Å². The van der Waals surface area contributed by atoms with Gasteiger partial charge < -0.3 is 5.11 Å². The van der Waals surface area contributed by atoms with Crippen molar-refractivity contribution in [2.24, 2.45) is 5.92 Å². The summed E-state index contributed by atoms with van der Waals surface area (Å²) >= 11 is 1.44. The molecule has 2 rings (SSSR count). The van der Waals surface area contributed by atoms with Crippen LogP contribution in [0.1, 0.15) is 38.1 Å². The molecule has 6 nitrogen and oxygen atoms in total. The third-order valence-electron chi connectivity index (χ3n) is 3.60. The van der Waals surface area contributed by atoms with Crippen molar-refractivity contribution in [3.05, 3.63) is 5.01 Å². The van der Waals surface area contributed by atoms with E-state index in [0.717, 1.165) is 37.2 Å². The Morgan fingerprint density at radius 2 is 2.29 bits per heavy atom. The molecule has 0 bridgehead atoms. The minimum absolute atomic E-state index is 0.0809. The van der Waals surface area contributed by atoms with Crippen LogP contribution >= 0.6 is 11.3 Å². The SMILES string of the molecule is CC(C)Cc1nnc(NC(=O)CN2CCCC[C@@H]2CO)s1. The second-order valence-corrected chi connectivity index (χ2v) is 7.01. The molecule has 0 aromatic carbocycles. The molecule has 0 saturated carbocycles. The van der Waals surface area contributed by atoms with Crippen LogP contribution in [0.2, 0.25) is 0 Å². The molecule has 1 saturated heterocycles. The molecule has 1 aromatic heterocycles. The first-order chi connectivity index (χ1) is 10.1. The van der Waals surface area contributed by atoms with E-state index < -0.39 is 0 Å². The van der Waals surface area contributed by atoms with Crippen LogP contribution in [0.15, 0.2) is 0 Å². The van der Waals surface area contributed by atoms with E-state index in [1.807, 2.05) is 0 Å². The van der Waals surface area contributed by atoms with Crippen LogP contribution in [0, 0.1) is 5.92 Å². The van der Waals surface area contributed by atoms with Crippen molar-refractivity contribution in [2.75, 3.05) is 25.0 Å². The van der Waals surface area contributed by atoms with Gasteiger partial charge in [-0.2, -0.15) is 0 Å². The highest BCUT2D eigenvalue weighted by Gasteiger charge is 2.23. The number of carbonyl (C=O) groups is 1. The number of amides is 1. The van der Waals surface area contributed by atoms with E-state index in [1.165, 1.54) is 11.3 Å². The molecular formula is C14H24N4O2S. The number of aliphatic hydroxyl groups is 1. The summed E-state index contributed by atoms with van der Waals surface area (Å²) in [5, 5.41) is 21.8. The number of carbonyl (C=O) groups excluding carboxylic acids is 1. The number of likely N-dealkylation sites (tertiary alicyclic amines) is 1. The maximum Gasteiger partial charge on any atom is 0.240 e. The lowest BCUT2D eigenvalue weighted by Gasteiger charge is -2.33. The second-order valence-electron chi connectivity index (χ2n) is 5.95. The van der Waals surface area contributed by atoms with E-state index in [1.54, 1.807) is 0 Å². The fourth-order valence-electron chi connectivity index (χ4n) is 2.55. The largest absolute Gasteiger partial charge is 0.395 e. The fraction of sp³-hybridized carbons (Fsp3) is 0.786. The highest BCUT2D eigenvalue weighted by Crippen LogP contribution is 2.19. The summed E-state index contributed by atoms with van der Waals surface area (Å²) in [4.78, 5) is 14.1. The topological polar surface area (TPSA) is 78.4 Å². The molecule has 1 fully saturated rings. The maximum atomic E-state index is 12.1. The third kappa shape index (κ3) is 5.01. The van der Waals surface area contributed by atoms with Gasteiger partial charge in [-0.3, -0.25) is 15.0 Å². The molecule has 7 heteroatoms. The minimum atomic E-state index is -0.0809. The number of nitrogens with one attached hydrogen (secondary N) is 1. The first-order valence-corrected chi connectivity index (χ1v) is 8.37. The van der Waals surface area contributed by atoms with Crippen LogP contribution < -0.4 is 5.32 Å². The number of anilines is 1. The monoisotopic (exact) mass is 312 g/mol. The predicted molar refractivity (Wildman–Crippen MR) is 83.4 cm³/mol. The third-order valence-corrected chi connectivity index (χ3v) is 4.46. The fourth-order valence-corrected chi connectivity index (χ4v) is 3.52. The number of piperidine rings is 1. The Labute approximate surface area is 129 Å². The van der Waals surface area contributed by atoms with Crippen LogP contribution in [0.4, 0.5) is 5.13 Å². The van der Waals surface area contributed by atoms with Gasteiger partial charge in [0.25, 0.3) is 0 Å². The zero-order chi connectivity index (χ0) is 15.2. The minimum Gasteiger partial charge on any atom is -0.395 e. The van der Waals surface area contributed by atoms with E-state index in [9.17, 15) is 9.90 Å². The van der Waals surface area contributed by atoms with Gasteiger partial charge in [-0.1, -0.05) is 31.6 Å². The molecule has 0 unspecified atom stereocenters. The Morgan fingerprint density at radius 3 is 3.00 bits per heavy atom. The van der Waals surface area contributed by atoms with Crippen LogP contribution in [0.3, 0.4) is 0 Å². The highest BCUT2D eigenvalue weighted by atomic mass is 32.1. The van der Waals surface area contributed by atoms with Gasteiger partial charge in [0.2, 0.25) is 11.0 Å². The normalized spacial score (nSPS) is 19.9. The zero-order valence-corrected chi connectivity index (χ0v) is 13.5. The first-order valence-electron chi connectivity index (χ1n) is 7.55. The Balaban J connectivity index is 1.84. The molecule has 118 valence electrons. The number of aliphatic hydroxyl groups excluding tert-OH is 1. The van der Waals surface area contributed by atoms with Crippen molar-refractivity contribution < 1.29 is 9.90 Å². The summed E-state index contributed by atoms with van der Waals surface area (Å²) in [5.41, 5.74) is 0. The summed E-state index contributed by atoms with van der Waals surface area (Å²) in [6.45, 7) is 5.55. The van der Waals surface area contributed by atoms with Crippen molar-refractivity contribution in [1.82, 2.24) is 15.1 Å². The lowest BCUT2D eigenvalue weighted by molar-refractivity contribution is -0.118. The van der Waals surface area contributed by atoms with Crippen molar-refractivity contribution in [3.8, 4) is 0 Å². The number of hydrogen-bond donors (Lipinski definition) is 2. The molecule has 0 radical (unpaired) electrons. The van der Waals surface area contributed by atoms with Crippen molar-refractivity contribution in [1.29, 1.82) is 0 Å². The number of rotatable bonds is 6. The molecule has 1 aliphatic rings. The molecule has 1 atom stereocenters. The van der Waals surface area contributed by atoms with Crippen LogP contribution in [0.25, 0.3) is 0 Å². The van der Waals surface area contributed by atoms with Crippen LogP contribution in [0.5, 0.6) is 0 Å². The van der Waals surface area contributed by atoms with Gasteiger partial charge in [0.1, 0.15) is 5.01 Å². The smallest absolute Gasteiger partial charge is 0.240 e.